The number of aryl methyl sites for hydroxylation is 1. The quantitative estimate of drug-likeness (QED) is 0.916. The molecule has 6 heteroatoms. The second kappa shape index (κ2) is 6.09. The Hall–Kier alpha value is -1.82. The lowest BCUT2D eigenvalue weighted by molar-refractivity contribution is -0.138. The van der Waals surface area contributed by atoms with Gasteiger partial charge in [0.2, 0.25) is 0 Å². The third-order valence-electron chi connectivity index (χ3n) is 3.01. The lowest BCUT2D eigenvalue weighted by Crippen LogP contribution is -2.11. The van der Waals surface area contributed by atoms with Crippen LogP contribution in [0.5, 0.6) is 0 Å². The Kier molecular flexibility index (Phi) is 4.44. The molecule has 1 aromatic carbocycles. The van der Waals surface area contributed by atoms with Crippen LogP contribution in [0.4, 0.5) is 13.2 Å². The maximum absolute atomic E-state index is 13.1. The summed E-state index contributed by atoms with van der Waals surface area (Å²) in [7, 11) is 0. The summed E-state index contributed by atoms with van der Waals surface area (Å²) in [6.07, 6.45) is 1.01. The van der Waals surface area contributed by atoms with Crippen molar-refractivity contribution in [2.45, 2.75) is 25.6 Å². The number of aliphatic hydroxyl groups excluding tert-OH is 1. The van der Waals surface area contributed by atoms with Crippen LogP contribution in [0.1, 0.15) is 23.1 Å². The number of rotatable bonds is 5. The van der Waals surface area contributed by atoms with E-state index in [2.05, 4.69) is 4.98 Å². The lowest BCUT2D eigenvalue weighted by Gasteiger charge is -2.14. The summed E-state index contributed by atoms with van der Waals surface area (Å²) in [6, 6.07) is 4.35. The monoisotopic (exact) mass is 284 g/mol. The van der Waals surface area contributed by atoms with Crippen molar-refractivity contribution >= 4 is 0 Å². The van der Waals surface area contributed by atoms with E-state index in [-0.39, 0.29) is 18.6 Å². The maximum atomic E-state index is 13.1. The summed E-state index contributed by atoms with van der Waals surface area (Å²) in [5, 5.41) is 8.76. The smallest absolute Gasteiger partial charge is 0.396 e. The summed E-state index contributed by atoms with van der Waals surface area (Å²) in [5.41, 5.74) is 0.174. The van der Waals surface area contributed by atoms with Crippen LogP contribution in [0, 0.1) is 0 Å². The molecule has 0 aliphatic carbocycles. The molecule has 0 aliphatic rings. The molecule has 2 rings (SSSR count). The molecule has 0 saturated heterocycles. The average Bonchev–Trinajstić information content (AvgIpc) is 2.89. The van der Waals surface area contributed by atoms with E-state index in [1.54, 1.807) is 29.4 Å². The molecular formula is C14H15F3N2O. The predicted octanol–water partition coefficient (Wildman–Crippen LogP) is 2.88. The van der Waals surface area contributed by atoms with Crippen LogP contribution in [0.15, 0.2) is 36.9 Å². The first-order valence-corrected chi connectivity index (χ1v) is 6.26. The van der Waals surface area contributed by atoms with Gasteiger partial charge in [0.1, 0.15) is 0 Å². The Morgan fingerprint density at radius 2 is 2.05 bits per heavy atom. The summed E-state index contributed by atoms with van der Waals surface area (Å²) in [6.45, 7) is 0.234. The van der Waals surface area contributed by atoms with Gasteiger partial charge < -0.3 is 9.67 Å². The molecule has 0 amide bonds. The minimum atomic E-state index is -4.38. The van der Waals surface area contributed by atoms with E-state index >= 15 is 0 Å². The number of hydrogen-bond donors (Lipinski definition) is 1. The van der Waals surface area contributed by atoms with Crippen molar-refractivity contribution in [3.63, 3.8) is 0 Å². The van der Waals surface area contributed by atoms with Crippen LogP contribution in [-0.2, 0) is 19.1 Å². The molecule has 1 aromatic heterocycles. The number of aromatic nitrogens is 2. The molecule has 0 fully saturated rings. The van der Waals surface area contributed by atoms with E-state index in [0.717, 1.165) is 0 Å². The van der Waals surface area contributed by atoms with Gasteiger partial charge in [0.15, 0.2) is 0 Å². The van der Waals surface area contributed by atoms with E-state index in [1.807, 2.05) is 0 Å². The number of imidazole rings is 1. The molecule has 1 heterocycles. The molecule has 0 unspecified atom stereocenters. The van der Waals surface area contributed by atoms with Crippen LogP contribution in [0.3, 0.4) is 0 Å². The highest BCUT2D eigenvalue weighted by Gasteiger charge is 2.33. The van der Waals surface area contributed by atoms with Crippen molar-refractivity contribution in [1.82, 2.24) is 9.55 Å². The van der Waals surface area contributed by atoms with Crippen molar-refractivity contribution in [2.75, 3.05) is 6.61 Å². The van der Waals surface area contributed by atoms with E-state index in [0.29, 0.717) is 18.5 Å². The van der Waals surface area contributed by atoms with Crippen LogP contribution in [0.2, 0.25) is 0 Å². The van der Waals surface area contributed by atoms with Crippen LogP contribution in [0.25, 0.3) is 0 Å². The Balaban J connectivity index is 2.28. The van der Waals surface area contributed by atoms with Crippen molar-refractivity contribution in [1.29, 1.82) is 0 Å². The predicted molar refractivity (Wildman–Crippen MR) is 68.2 cm³/mol. The zero-order valence-corrected chi connectivity index (χ0v) is 10.8. The maximum Gasteiger partial charge on any atom is 0.416 e. The molecule has 0 bridgehead atoms. The number of hydrogen-bond acceptors (Lipinski definition) is 2. The van der Waals surface area contributed by atoms with Crippen molar-refractivity contribution in [2.24, 2.45) is 0 Å². The van der Waals surface area contributed by atoms with Gasteiger partial charge in [-0.25, -0.2) is 4.98 Å². The number of alkyl halides is 3. The fraction of sp³-hybridized carbons (Fsp3) is 0.357. The Morgan fingerprint density at radius 1 is 1.25 bits per heavy atom. The van der Waals surface area contributed by atoms with Gasteiger partial charge >= 0.3 is 6.18 Å². The first kappa shape index (κ1) is 14.6. The SMILES string of the molecule is OCCCc1ccc(Cn2ccnc2)cc1C(F)(F)F. The van der Waals surface area contributed by atoms with Gasteiger partial charge in [-0.15, -0.1) is 0 Å². The number of nitrogens with zero attached hydrogens (tertiary/aromatic N) is 2. The molecule has 0 aliphatic heterocycles. The first-order valence-electron chi connectivity index (χ1n) is 6.26. The minimum Gasteiger partial charge on any atom is -0.396 e. The molecular weight excluding hydrogens is 269 g/mol. The van der Waals surface area contributed by atoms with Gasteiger partial charge in [0, 0.05) is 25.5 Å². The van der Waals surface area contributed by atoms with Crippen LogP contribution in [-0.4, -0.2) is 21.3 Å². The summed E-state index contributed by atoms with van der Waals surface area (Å²) < 4.78 is 40.9. The average molecular weight is 284 g/mol. The molecule has 3 nitrogen and oxygen atoms in total. The molecule has 2 aromatic rings. The topological polar surface area (TPSA) is 38.0 Å². The third kappa shape index (κ3) is 3.60. The van der Waals surface area contributed by atoms with E-state index in [1.165, 1.54) is 12.1 Å². The Labute approximate surface area is 114 Å². The van der Waals surface area contributed by atoms with Crippen molar-refractivity contribution in [3.05, 3.63) is 53.6 Å². The van der Waals surface area contributed by atoms with E-state index < -0.39 is 11.7 Å². The highest BCUT2D eigenvalue weighted by Crippen LogP contribution is 2.33. The largest absolute Gasteiger partial charge is 0.416 e. The number of halogens is 3. The highest BCUT2D eigenvalue weighted by molar-refractivity contribution is 5.34. The molecule has 0 spiro atoms. The molecule has 108 valence electrons. The van der Waals surface area contributed by atoms with Gasteiger partial charge in [0.25, 0.3) is 0 Å². The zero-order chi connectivity index (χ0) is 14.6. The lowest BCUT2D eigenvalue weighted by atomic mass is 9.99. The van der Waals surface area contributed by atoms with Crippen LogP contribution >= 0.6 is 0 Å². The van der Waals surface area contributed by atoms with Gasteiger partial charge in [-0.1, -0.05) is 12.1 Å². The van der Waals surface area contributed by atoms with Gasteiger partial charge in [0.05, 0.1) is 11.9 Å². The fourth-order valence-corrected chi connectivity index (χ4v) is 2.06. The van der Waals surface area contributed by atoms with Crippen LogP contribution < -0.4 is 0 Å². The summed E-state index contributed by atoms with van der Waals surface area (Å²) in [5.74, 6) is 0. The second-order valence-corrected chi connectivity index (χ2v) is 4.55. The highest BCUT2D eigenvalue weighted by atomic mass is 19.4. The van der Waals surface area contributed by atoms with Gasteiger partial charge in [-0.05, 0) is 30.0 Å². The van der Waals surface area contributed by atoms with Crippen molar-refractivity contribution in [3.8, 4) is 0 Å². The van der Waals surface area contributed by atoms with E-state index in [4.69, 9.17) is 5.11 Å². The van der Waals surface area contributed by atoms with Crippen molar-refractivity contribution < 1.29 is 18.3 Å². The Bertz CT molecular complexity index is 550. The zero-order valence-electron chi connectivity index (χ0n) is 10.8. The van der Waals surface area contributed by atoms with E-state index in [9.17, 15) is 13.2 Å². The third-order valence-corrected chi connectivity index (χ3v) is 3.01. The molecule has 0 atom stereocenters. The van der Waals surface area contributed by atoms with Gasteiger partial charge in [-0.2, -0.15) is 13.2 Å². The normalized spacial score (nSPS) is 11.8. The molecule has 0 radical (unpaired) electrons. The summed E-state index contributed by atoms with van der Waals surface area (Å²) in [4.78, 5) is 3.86. The molecule has 1 N–H and O–H groups in total. The second-order valence-electron chi connectivity index (χ2n) is 4.55. The molecule has 0 saturated carbocycles. The summed E-state index contributed by atoms with van der Waals surface area (Å²) >= 11 is 0. The Morgan fingerprint density at radius 3 is 2.65 bits per heavy atom. The molecule has 20 heavy (non-hydrogen) atoms. The minimum absolute atomic E-state index is 0.117. The van der Waals surface area contributed by atoms with Gasteiger partial charge in [-0.3, -0.25) is 0 Å². The number of benzene rings is 1. The standard InChI is InChI=1S/C14H15F3N2O/c15-14(16,17)13-8-11(9-19-6-5-18-10-19)3-4-12(13)2-1-7-20/h3-6,8,10,20H,1-2,7,9H2. The number of aliphatic hydroxyl groups is 1. The fourth-order valence-electron chi connectivity index (χ4n) is 2.06. The first-order chi connectivity index (χ1) is 9.50.